The molecule has 0 fully saturated rings. The second-order valence-corrected chi connectivity index (χ2v) is 12.8. The number of nitrogens with zero attached hydrogens (tertiary/aromatic N) is 1. The minimum Gasteiger partial charge on any atom is -0.493 e. The lowest BCUT2D eigenvalue weighted by Gasteiger charge is -2.40. The molecule has 0 saturated heterocycles. The normalized spacial score (nSPS) is 17.9. The quantitative estimate of drug-likeness (QED) is 0.100. The van der Waals surface area contributed by atoms with Crippen LogP contribution in [0.3, 0.4) is 0 Å². The van der Waals surface area contributed by atoms with Crippen LogP contribution in [0, 0.1) is 3.57 Å². The fraction of sp³-hybridized carbons (Fsp3) is 0.486. The van der Waals surface area contributed by atoms with Crippen molar-refractivity contribution in [2.75, 3.05) is 26.8 Å². The number of amides is 2. The molecule has 1 aromatic heterocycles. The number of aliphatic hydroxyl groups is 3. The van der Waals surface area contributed by atoms with E-state index in [0.717, 1.165) is 48.7 Å². The largest absolute Gasteiger partial charge is 0.493 e. The van der Waals surface area contributed by atoms with Gasteiger partial charge in [0.05, 0.1) is 29.9 Å². The van der Waals surface area contributed by atoms with Gasteiger partial charge >= 0.3 is 0 Å². The molecule has 0 radical (unpaired) electrons. The Balaban J connectivity index is 1.65. The van der Waals surface area contributed by atoms with E-state index in [1.165, 1.54) is 7.11 Å². The van der Waals surface area contributed by atoms with Gasteiger partial charge in [-0.15, -0.1) is 0 Å². The van der Waals surface area contributed by atoms with E-state index >= 15 is 0 Å². The van der Waals surface area contributed by atoms with Crippen LogP contribution >= 0.6 is 22.6 Å². The Labute approximate surface area is 284 Å². The van der Waals surface area contributed by atoms with Gasteiger partial charge in [0.2, 0.25) is 11.8 Å². The molecule has 1 aliphatic carbocycles. The SMILES string of the molecule is CCCCCCCC(=O)N(CCc1cc2ccccc2[nH]1)[C@@H]1CC(C(=O)NCCO)=C[C@H](Oc2c(I)cc(CO)cc2OC)[C@H]1O. The summed E-state index contributed by atoms with van der Waals surface area (Å²) in [6.07, 6.45) is 5.46. The van der Waals surface area contributed by atoms with Gasteiger partial charge in [-0.25, -0.2) is 0 Å². The van der Waals surface area contributed by atoms with E-state index in [9.17, 15) is 24.9 Å². The van der Waals surface area contributed by atoms with Crippen LogP contribution in [0.5, 0.6) is 11.5 Å². The maximum atomic E-state index is 13.9. The number of methoxy groups -OCH3 is 1. The van der Waals surface area contributed by atoms with Gasteiger partial charge in [-0.3, -0.25) is 9.59 Å². The molecule has 2 aromatic carbocycles. The average Bonchev–Trinajstić information content (AvgIpc) is 3.48. The van der Waals surface area contributed by atoms with Gasteiger partial charge in [0.25, 0.3) is 0 Å². The zero-order valence-electron chi connectivity index (χ0n) is 26.6. The molecule has 0 saturated carbocycles. The molecule has 10 nitrogen and oxygen atoms in total. The number of H-pyrrole nitrogens is 1. The van der Waals surface area contributed by atoms with Gasteiger partial charge < -0.3 is 40.0 Å². The fourth-order valence-corrected chi connectivity index (χ4v) is 6.70. The molecule has 11 heteroatoms. The predicted octanol–water partition coefficient (Wildman–Crippen LogP) is 4.62. The van der Waals surface area contributed by atoms with E-state index in [4.69, 9.17) is 9.47 Å². The number of carbonyl (C=O) groups is 2. The van der Waals surface area contributed by atoms with Crippen molar-refractivity contribution in [2.45, 2.75) is 83.1 Å². The molecule has 4 rings (SSSR count). The molecular weight excluding hydrogens is 701 g/mol. The summed E-state index contributed by atoms with van der Waals surface area (Å²) in [5.74, 6) is 0.276. The first kappa shape index (κ1) is 35.7. The van der Waals surface area contributed by atoms with Gasteiger partial charge in [-0.2, -0.15) is 0 Å². The van der Waals surface area contributed by atoms with Gasteiger partial charge in [0.15, 0.2) is 11.5 Å². The summed E-state index contributed by atoms with van der Waals surface area (Å²) in [6, 6.07) is 12.8. The number of fused-ring (bicyclic) bond motifs is 1. The van der Waals surface area contributed by atoms with Crippen molar-refractivity contribution >= 4 is 45.3 Å². The summed E-state index contributed by atoms with van der Waals surface area (Å²) in [6.45, 7) is 2.17. The van der Waals surface area contributed by atoms with Crippen molar-refractivity contribution in [1.82, 2.24) is 15.2 Å². The summed E-state index contributed by atoms with van der Waals surface area (Å²) >= 11 is 2.08. The molecule has 2 amide bonds. The van der Waals surface area contributed by atoms with E-state index in [1.54, 1.807) is 23.1 Å². The molecule has 0 unspecified atom stereocenters. The number of carbonyl (C=O) groups excluding carboxylic acids is 2. The van der Waals surface area contributed by atoms with Crippen molar-refractivity contribution in [3.05, 3.63) is 68.9 Å². The molecule has 0 bridgehead atoms. The number of para-hydroxylation sites is 1. The van der Waals surface area contributed by atoms with Crippen LogP contribution in [0.15, 0.2) is 54.1 Å². The molecule has 46 heavy (non-hydrogen) atoms. The maximum Gasteiger partial charge on any atom is 0.247 e. The lowest BCUT2D eigenvalue weighted by Crippen LogP contribution is -2.55. The number of benzene rings is 2. The summed E-state index contributed by atoms with van der Waals surface area (Å²) in [5.41, 5.74) is 2.99. The number of aliphatic hydroxyl groups excluding tert-OH is 3. The van der Waals surface area contributed by atoms with Crippen LogP contribution in [-0.2, 0) is 22.6 Å². The molecule has 0 spiro atoms. The third-order valence-corrected chi connectivity index (χ3v) is 9.16. The molecule has 3 atom stereocenters. The Hall–Kier alpha value is -3.13. The van der Waals surface area contributed by atoms with Crippen LogP contribution in [0.25, 0.3) is 10.9 Å². The first-order valence-electron chi connectivity index (χ1n) is 16.1. The van der Waals surface area contributed by atoms with E-state index in [0.29, 0.717) is 45.6 Å². The minimum absolute atomic E-state index is 0.0735. The first-order chi connectivity index (χ1) is 22.3. The highest BCUT2D eigenvalue weighted by Crippen LogP contribution is 2.37. The first-order valence-corrected chi connectivity index (χ1v) is 17.1. The highest BCUT2D eigenvalue weighted by atomic mass is 127. The lowest BCUT2D eigenvalue weighted by molar-refractivity contribution is -0.138. The lowest BCUT2D eigenvalue weighted by atomic mass is 9.87. The highest BCUT2D eigenvalue weighted by Gasteiger charge is 2.40. The highest BCUT2D eigenvalue weighted by molar-refractivity contribution is 14.1. The van der Waals surface area contributed by atoms with Crippen LogP contribution in [0.1, 0.15) is 63.1 Å². The Kier molecular flexibility index (Phi) is 13.7. The van der Waals surface area contributed by atoms with Crippen LogP contribution in [0.4, 0.5) is 0 Å². The number of hydrogen-bond donors (Lipinski definition) is 5. The molecular formula is C35H46IN3O7. The second kappa shape index (κ2) is 17.7. The number of rotatable bonds is 17. The molecule has 0 aliphatic heterocycles. The summed E-state index contributed by atoms with van der Waals surface area (Å²) in [7, 11) is 1.49. The van der Waals surface area contributed by atoms with E-state index in [1.807, 2.05) is 24.3 Å². The number of aromatic nitrogens is 1. The summed E-state index contributed by atoms with van der Waals surface area (Å²) < 4.78 is 12.6. The monoisotopic (exact) mass is 747 g/mol. The second-order valence-electron chi connectivity index (χ2n) is 11.7. The van der Waals surface area contributed by atoms with Gasteiger partial charge in [0.1, 0.15) is 12.2 Å². The van der Waals surface area contributed by atoms with Crippen molar-refractivity contribution in [3.63, 3.8) is 0 Å². The van der Waals surface area contributed by atoms with Gasteiger partial charge in [-0.05, 0) is 70.3 Å². The van der Waals surface area contributed by atoms with Crippen LogP contribution in [0.2, 0.25) is 0 Å². The average molecular weight is 748 g/mol. The molecule has 3 aromatic rings. The number of hydrogen-bond acceptors (Lipinski definition) is 7. The number of halogens is 1. The van der Waals surface area contributed by atoms with E-state index in [-0.39, 0.29) is 38.0 Å². The third-order valence-electron chi connectivity index (χ3n) is 8.36. The zero-order chi connectivity index (χ0) is 33.1. The maximum absolute atomic E-state index is 13.9. The van der Waals surface area contributed by atoms with Crippen molar-refractivity contribution in [2.24, 2.45) is 0 Å². The standard InChI is InChI=1S/C35H46IN3O7/c1-3-4-5-6-7-12-32(42)39(15-13-26-19-24-10-8-9-11-28(24)38-26)29-20-25(35(44)37-14-16-40)21-30(33(29)43)46-34-27(36)17-23(22-41)18-31(34)45-2/h8-11,17-19,21,29-30,33,38,40-41,43H,3-7,12-16,20,22H2,1-2H3,(H,37,44)/t29-,30+,33+/m1/s1. The topological polar surface area (TPSA) is 144 Å². The number of unbranched alkanes of at least 4 members (excludes halogenated alkanes) is 4. The Morgan fingerprint density at radius 3 is 2.61 bits per heavy atom. The third kappa shape index (κ3) is 9.24. The van der Waals surface area contributed by atoms with Crippen molar-refractivity contribution in [3.8, 4) is 11.5 Å². The van der Waals surface area contributed by atoms with Crippen LogP contribution < -0.4 is 14.8 Å². The van der Waals surface area contributed by atoms with E-state index < -0.39 is 18.2 Å². The molecule has 250 valence electrons. The van der Waals surface area contributed by atoms with Crippen LogP contribution in [-0.4, -0.2) is 82.1 Å². The Morgan fingerprint density at radius 1 is 1.11 bits per heavy atom. The predicted molar refractivity (Wildman–Crippen MR) is 186 cm³/mol. The smallest absolute Gasteiger partial charge is 0.247 e. The molecule has 1 aliphatic rings. The number of ether oxygens (including phenoxy) is 2. The summed E-state index contributed by atoms with van der Waals surface area (Å²) in [4.78, 5) is 32.3. The molecule has 1 heterocycles. The fourth-order valence-electron chi connectivity index (χ4n) is 5.90. The Morgan fingerprint density at radius 2 is 1.89 bits per heavy atom. The number of nitrogens with one attached hydrogen (secondary N) is 2. The van der Waals surface area contributed by atoms with E-state index in [2.05, 4.69) is 45.9 Å². The minimum atomic E-state index is -1.15. The summed E-state index contributed by atoms with van der Waals surface area (Å²) in [5, 5.41) is 34.7. The molecule has 5 N–H and O–H groups in total. The van der Waals surface area contributed by atoms with Gasteiger partial charge in [0, 0.05) is 49.1 Å². The number of aromatic amines is 1. The Bertz CT molecular complexity index is 1460. The van der Waals surface area contributed by atoms with Crippen molar-refractivity contribution in [1.29, 1.82) is 0 Å². The van der Waals surface area contributed by atoms with Crippen molar-refractivity contribution < 1.29 is 34.4 Å². The van der Waals surface area contributed by atoms with Gasteiger partial charge in [-0.1, -0.05) is 50.8 Å². The zero-order valence-corrected chi connectivity index (χ0v) is 28.8.